The summed E-state index contributed by atoms with van der Waals surface area (Å²) in [6.45, 7) is 11.4. The van der Waals surface area contributed by atoms with Crippen LogP contribution in [0, 0.1) is 0 Å². The molecule has 2 aromatic carbocycles. The molecule has 0 fully saturated rings. The number of aryl methyl sites for hydroxylation is 2. The monoisotopic (exact) mass is 521 g/mol. The zero-order chi connectivity index (χ0) is 27.6. The number of benzene rings is 2. The molecule has 5 rings (SSSR count). The van der Waals surface area contributed by atoms with E-state index in [9.17, 15) is 4.79 Å². The maximum absolute atomic E-state index is 14.0. The van der Waals surface area contributed by atoms with Gasteiger partial charge in [-0.15, -0.1) is 10.2 Å². The van der Waals surface area contributed by atoms with E-state index in [4.69, 9.17) is 0 Å². The summed E-state index contributed by atoms with van der Waals surface area (Å²) in [6, 6.07) is 16.6. The Bertz CT molecular complexity index is 1620. The molecule has 200 valence electrons. The average molecular weight is 522 g/mol. The number of aromatic nitrogens is 7. The zero-order valence-electron chi connectivity index (χ0n) is 23.3. The average Bonchev–Trinajstić information content (AvgIpc) is 3.58. The fourth-order valence-electron chi connectivity index (χ4n) is 5.15. The van der Waals surface area contributed by atoms with Crippen molar-refractivity contribution in [2.45, 2.75) is 65.8 Å². The molecule has 0 saturated carbocycles. The largest absolute Gasteiger partial charge is 0.333 e. The maximum atomic E-state index is 14.0. The summed E-state index contributed by atoms with van der Waals surface area (Å²) in [4.78, 5) is 18.2. The number of imidazole rings is 1. The number of H-pyrrole nitrogens is 1. The summed E-state index contributed by atoms with van der Waals surface area (Å²) in [5, 5.41) is 14.4. The molecule has 5 aromatic rings. The van der Waals surface area contributed by atoms with Crippen molar-refractivity contribution in [3.8, 4) is 28.2 Å². The molecule has 0 aliphatic heterocycles. The van der Waals surface area contributed by atoms with Crippen molar-refractivity contribution in [3.05, 3.63) is 100.0 Å². The fraction of sp³-hybridized carbons (Fsp3) is 0.323. The van der Waals surface area contributed by atoms with Crippen molar-refractivity contribution in [1.82, 2.24) is 34.7 Å². The number of nitrogens with one attached hydrogen (secondary N) is 1. The lowest BCUT2D eigenvalue weighted by molar-refractivity contribution is 0.583. The minimum absolute atomic E-state index is 0.00227. The molecule has 0 bridgehead atoms. The van der Waals surface area contributed by atoms with Gasteiger partial charge in [-0.3, -0.25) is 14.1 Å². The number of hydrogen-bond donors (Lipinski definition) is 1. The van der Waals surface area contributed by atoms with Gasteiger partial charge in [-0.2, -0.15) is 5.21 Å². The predicted molar refractivity (Wildman–Crippen MR) is 154 cm³/mol. The number of nitrogens with zero attached hydrogens (tertiary/aromatic N) is 6. The molecule has 0 amide bonds. The van der Waals surface area contributed by atoms with Crippen LogP contribution in [-0.4, -0.2) is 34.7 Å². The van der Waals surface area contributed by atoms with Crippen molar-refractivity contribution in [2.24, 2.45) is 0 Å². The van der Waals surface area contributed by atoms with Gasteiger partial charge in [-0.05, 0) is 57.4 Å². The lowest BCUT2D eigenvalue weighted by Gasteiger charge is -2.25. The predicted octanol–water partition coefficient (Wildman–Crippen LogP) is 5.74. The van der Waals surface area contributed by atoms with Crippen molar-refractivity contribution in [3.63, 3.8) is 0 Å². The van der Waals surface area contributed by atoms with E-state index in [1.165, 1.54) is 11.1 Å². The van der Waals surface area contributed by atoms with Gasteiger partial charge in [-0.25, -0.2) is 4.79 Å². The van der Waals surface area contributed by atoms with Crippen molar-refractivity contribution in [1.29, 1.82) is 0 Å². The standard InChI is InChI=1S/C31H35N7O/c1-6-9-24-20-38(28-22(7-2)10-8-11-27(28)31(3,4)5)30(39)37(24)19-21-12-14-23(15-13-21)25-16-17-32-18-26(25)29-33-35-36-34-29/h8,10-18,20H,6-7,9,19H2,1-5H3,(H,33,34,35,36). The third kappa shape index (κ3) is 5.19. The molecule has 0 unspecified atom stereocenters. The lowest BCUT2D eigenvalue weighted by atomic mass is 9.84. The first-order valence-corrected chi connectivity index (χ1v) is 13.5. The Labute approximate surface area is 228 Å². The fourth-order valence-corrected chi connectivity index (χ4v) is 5.15. The van der Waals surface area contributed by atoms with Gasteiger partial charge < -0.3 is 0 Å². The van der Waals surface area contributed by atoms with Crippen LogP contribution >= 0.6 is 0 Å². The summed E-state index contributed by atoms with van der Waals surface area (Å²) in [7, 11) is 0. The van der Waals surface area contributed by atoms with Crippen LogP contribution in [-0.2, 0) is 24.8 Å². The van der Waals surface area contributed by atoms with E-state index in [1.807, 2.05) is 15.2 Å². The number of hydrogen-bond acceptors (Lipinski definition) is 5. The molecule has 8 heteroatoms. The van der Waals surface area contributed by atoms with E-state index in [0.29, 0.717) is 12.4 Å². The third-order valence-electron chi connectivity index (χ3n) is 7.13. The second-order valence-corrected chi connectivity index (χ2v) is 10.9. The molecule has 3 aromatic heterocycles. The van der Waals surface area contributed by atoms with Gasteiger partial charge in [0.25, 0.3) is 0 Å². The quantitative estimate of drug-likeness (QED) is 0.281. The Morgan fingerprint density at radius 2 is 1.77 bits per heavy atom. The van der Waals surface area contributed by atoms with E-state index >= 15 is 0 Å². The summed E-state index contributed by atoms with van der Waals surface area (Å²) in [5.74, 6) is 0.501. The van der Waals surface area contributed by atoms with Crippen molar-refractivity contribution >= 4 is 0 Å². The Morgan fingerprint density at radius 1 is 0.974 bits per heavy atom. The third-order valence-corrected chi connectivity index (χ3v) is 7.13. The zero-order valence-corrected chi connectivity index (χ0v) is 23.3. The van der Waals surface area contributed by atoms with Gasteiger partial charge >= 0.3 is 5.69 Å². The maximum Gasteiger partial charge on any atom is 0.333 e. The molecular weight excluding hydrogens is 486 g/mol. The first-order chi connectivity index (χ1) is 18.8. The summed E-state index contributed by atoms with van der Waals surface area (Å²) in [5.41, 5.74) is 8.21. The topological polar surface area (TPSA) is 94.3 Å². The number of tetrazole rings is 1. The van der Waals surface area contributed by atoms with Crippen molar-refractivity contribution < 1.29 is 0 Å². The Morgan fingerprint density at radius 3 is 2.44 bits per heavy atom. The van der Waals surface area contributed by atoms with E-state index in [-0.39, 0.29) is 11.1 Å². The summed E-state index contributed by atoms with van der Waals surface area (Å²) >= 11 is 0. The molecule has 1 N–H and O–H groups in total. The van der Waals surface area contributed by atoms with Gasteiger partial charge in [-0.1, -0.05) is 83.5 Å². The number of aromatic amines is 1. The van der Waals surface area contributed by atoms with Gasteiger partial charge in [0.2, 0.25) is 5.82 Å². The van der Waals surface area contributed by atoms with Gasteiger partial charge in [0.05, 0.1) is 12.2 Å². The number of para-hydroxylation sites is 1. The lowest BCUT2D eigenvalue weighted by Crippen LogP contribution is -2.27. The van der Waals surface area contributed by atoms with Crippen molar-refractivity contribution in [2.75, 3.05) is 0 Å². The highest BCUT2D eigenvalue weighted by atomic mass is 16.1. The molecule has 8 nitrogen and oxygen atoms in total. The molecule has 0 aliphatic carbocycles. The van der Waals surface area contributed by atoms with Crippen LogP contribution in [0.5, 0.6) is 0 Å². The SMILES string of the molecule is CCCc1cn(-c2c(CC)cccc2C(C)(C)C)c(=O)n1Cc1ccc(-c2ccncc2-c2nn[nH]n2)cc1. The first-order valence-electron chi connectivity index (χ1n) is 13.5. The van der Waals surface area contributed by atoms with Crippen LogP contribution < -0.4 is 5.69 Å². The molecule has 0 radical (unpaired) electrons. The summed E-state index contributed by atoms with van der Waals surface area (Å²) < 4.78 is 3.81. The van der Waals surface area contributed by atoms with E-state index < -0.39 is 0 Å². The van der Waals surface area contributed by atoms with Crippen LogP contribution in [0.4, 0.5) is 0 Å². The minimum atomic E-state index is -0.0872. The molecule has 0 saturated heterocycles. The highest BCUT2D eigenvalue weighted by Gasteiger charge is 2.23. The number of pyridine rings is 1. The molecule has 0 atom stereocenters. The molecule has 39 heavy (non-hydrogen) atoms. The summed E-state index contributed by atoms with van der Waals surface area (Å²) in [6.07, 6.45) is 8.22. The molecule has 0 aliphatic rings. The smallest absolute Gasteiger partial charge is 0.292 e. The van der Waals surface area contributed by atoms with Crippen LogP contribution in [0.2, 0.25) is 0 Å². The van der Waals surface area contributed by atoms with Crippen LogP contribution in [0.15, 0.2) is 71.9 Å². The van der Waals surface area contributed by atoms with E-state index in [0.717, 1.165) is 52.9 Å². The van der Waals surface area contributed by atoms with Gasteiger partial charge in [0, 0.05) is 29.8 Å². The van der Waals surface area contributed by atoms with Crippen LogP contribution in [0.25, 0.3) is 28.2 Å². The van der Waals surface area contributed by atoms with Crippen LogP contribution in [0.1, 0.15) is 63.4 Å². The molecular formula is C31H35N7O. The highest BCUT2D eigenvalue weighted by molar-refractivity contribution is 5.79. The Balaban J connectivity index is 1.53. The van der Waals surface area contributed by atoms with Gasteiger partial charge in [0.15, 0.2) is 0 Å². The van der Waals surface area contributed by atoms with Crippen LogP contribution in [0.3, 0.4) is 0 Å². The second kappa shape index (κ2) is 10.8. The molecule has 3 heterocycles. The van der Waals surface area contributed by atoms with E-state index in [2.05, 4.69) is 109 Å². The van der Waals surface area contributed by atoms with E-state index in [1.54, 1.807) is 12.4 Å². The Hall–Kier alpha value is -4.33. The normalized spacial score (nSPS) is 11.7. The highest BCUT2D eigenvalue weighted by Crippen LogP contribution is 2.32. The molecule has 0 spiro atoms. The Kier molecular flexibility index (Phi) is 7.28. The first kappa shape index (κ1) is 26.3. The second-order valence-electron chi connectivity index (χ2n) is 10.9. The minimum Gasteiger partial charge on any atom is -0.292 e. The van der Waals surface area contributed by atoms with Gasteiger partial charge in [0.1, 0.15) is 0 Å². The number of rotatable bonds is 8.